The number of amides is 1. The number of H-pyrrole nitrogens is 1. The number of nitrogens with zero attached hydrogens (tertiary/aromatic N) is 1. The SMILES string of the molecule is COCCOCCOCCC(=O)NC1[C@@H](OP(=O)(O)OP(=O)(O)OCC2OC(n3ccc(=O)[nH]c3=O)C(O)C2O)OC(CO)[C@H](O)[C@@H]1O. The third kappa shape index (κ3) is 11.5. The number of phosphoric ester groups is 2. The minimum atomic E-state index is -5.72. The number of rotatable bonds is 19. The molecule has 2 fully saturated rings. The van der Waals surface area contributed by atoms with Gasteiger partial charge in [-0.2, -0.15) is 4.31 Å². The van der Waals surface area contributed by atoms with Gasteiger partial charge >= 0.3 is 21.3 Å². The Bertz CT molecular complexity index is 1390. The number of hydrogen-bond acceptors (Lipinski definition) is 18. The van der Waals surface area contributed by atoms with Crippen molar-refractivity contribution in [1.82, 2.24) is 14.9 Å². The van der Waals surface area contributed by atoms with E-state index in [2.05, 4.69) is 14.2 Å². The molecule has 9 N–H and O–H groups in total. The van der Waals surface area contributed by atoms with Crippen molar-refractivity contribution in [3.05, 3.63) is 33.1 Å². The molecule has 2 aliphatic rings. The second-order valence-corrected chi connectivity index (χ2v) is 13.2. The van der Waals surface area contributed by atoms with E-state index in [4.69, 9.17) is 28.2 Å². The zero-order chi connectivity index (χ0) is 35.6. The predicted octanol–water partition coefficient (Wildman–Crippen LogP) is -4.60. The van der Waals surface area contributed by atoms with Crippen LogP contribution in [0.2, 0.25) is 0 Å². The Morgan fingerprint density at radius 3 is 2.23 bits per heavy atom. The van der Waals surface area contributed by atoms with Gasteiger partial charge in [-0.25, -0.2) is 13.9 Å². The molecule has 3 heterocycles. The molecule has 25 heteroatoms. The average molecular weight is 740 g/mol. The van der Waals surface area contributed by atoms with Crippen LogP contribution in [0.15, 0.2) is 21.9 Å². The largest absolute Gasteiger partial charge is 0.483 e. The van der Waals surface area contributed by atoms with Crippen LogP contribution in [0.1, 0.15) is 12.6 Å². The van der Waals surface area contributed by atoms with Crippen molar-refractivity contribution in [3.63, 3.8) is 0 Å². The van der Waals surface area contributed by atoms with Crippen LogP contribution in [-0.4, -0.2) is 153 Å². The molecular weight excluding hydrogens is 700 g/mol. The lowest BCUT2D eigenvalue weighted by atomic mass is 9.97. The molecule has 11 atom stereocenters. The summed E-state index contributed by atoms with van der Waals surface area (Å²) in [4.78, 5) is 58.1. The van der Waals surface area contributed by atoms with E-state index in [1.165, 1.54) is 7.11 Å². The highest BCUT2D eigenvalue weighted by molar-refractivity contribution is 7.61. The molecule has 0 spiro atoms. The molecule has 2 saturated heterocycles. The molecule has 2 aliphatic heterocycles. The fourth-order valence-electron chi connectivity index (χ4n) is 4.41. The number of aliphatic hydroxyl groups is 5. The maximum Gasteiger partial charge on any atom is 0.483 e. The van der Waals surface area contributed by atoms with Crippen molar-refractivity contribution in [1.29, 1.82) is 0 Å². The van der Waals surface area contributed by atoms with Gasteiger partial charge in [0.15, 0.2) is 12.5 Å². The Morgan fingerprint density at radius 1 is 0.938 bits per heavy atom. The Labute approximate surface area is 271 Å². The Morgan fingerprint density at radius 2 is 1.58 bits per heavy atom. The van der Waals surface area contributed by atoms with Crippen molar-refractivity contribution < 1.29 is 86.3 Å². The number of ether oxygens (including phenoxy) is 5. The maximum atomic E-state index is 12.7. The van der Waals surface area contributed by atoms with Gasteiger partial charge in [0.25, 0.3) is 5.56 Å². The van der Waals surface area contributed by atoms with Gasteiger partial charge in [-0.1, -0.05) is 0 Å². The molecule has 1 aromatic heterocycles. The van der Waals surface area contributed by atoms with Gasteiger partial charge in [-0.3, -0.25) is 28.2 Å². The van der Waals surface area contributed by atoms with Crippen LogP contribution < -0.4 is 16.6 Å². The topological polar surface area (TPSA) is 334 Å². The summed E-state index contributed by atoms with van der Waals surface area (Å²) >= 11 is 0. The van der Waals surface area contributed by atoms with Gasteiger partial charge in [0.05, 0.1) is 46.2 Å². The minimum absolute atomic E-state index is 0.123. The molecule has 0 radical (unpaired) electrons. The Kier molecular flexibility index (Phi) is 15.4. The molecule has 276 valence electrons. The van der Waals surface area contributed by atoms with E-state index >= 15 is 0 Å². The first-order chi connectivity index (χ1) is 22.6. The number of aromatic amines is 1. The Hall–Kier alpha value is -1.99. The van der Waals surface area contributed by atoms with Crippen molar-refractivity contribution in [3.8, 4) is 0 Å². The van der Waals surface area contributed by atoms with Gasteiger partial charge in [-0.05, 0) is 0 Å². The third-order valence-electron chi connectivity index (χ3n) is 6.79. The zero-order valence-electron chi connectivity index (χ0n) is 25.3. The molecule has 23 nitrogen and oxygen atoms in total. The molecule has 8 unspecified atom stereocenters. The number of aliphatic hydroxyl groups excluding tert-OH is 5. The fraction of sp³-hybridized carbons (Fsp3) is 0.783. The van der Waals surface area contributed by atoms with Crippen LogP contribution >= 0.6 is 15.6 Å². The number of carbonyl (C=O) groups is 1. The van der Waals surface area contributed by atoms with Crippen molar-refractivity contribution in [2.45, 2.75) is 61.6 Å². The van der Waals surface area contributed by atoms with Crippen LogP contribution in [0.4, 0.5) is 0 Å². The lowest BCUT2D eigenvalue weighted by Gasteiger charge is -2.42. The highest BCUT2D eigenvalue weighted by Gasteiger charge is 2.50. The smallest absolute Gasteiger partial charge is 0.394 e. The normalized spacial score (nSPS) is 31.6. The average Bonchev–Trinajstić information content (AvgIpc) is 3.29. The lowest BCUT2D eigenvalue weighted by molar-refractivity contribution is -0.248. The van der Waals surface area contributed by atoms with E-state index in [-0.39, 0.29) is 26.2 Å². The molecule has 1 aromatic rings. The van der Waals surface area contributed by atoms with Gasteiger partial charge < -0.3 is 64.3 Å². The molecule has 1 amide bonds. The highest BCUT2D eigenvalue weighted by Crippen LogP contribution is 2.61. The quantitative estimate of drug-likeness (QED) is 0.0476. The second-order valence-electron chi connectivity index (χ2n) is 10.3. The van der Waals surface area contributed by atoms with E-state index in [0.717, 1.165) is 16.8 Å². The summed E-state index contributed by atoms with van der Waals surface area (Å²) in [5, 5.41) is 53.1. The van der Waals surface area contributed by atoms with Crippen LogP contribution in [0.25, 0.3) is 0 Å². The number of methoxy groups -OCH3 is 1. The van der Waals surface area contributed by atoms with E-state index in [0.29, 0.717) is 13.2 Å². The lowest BCUT2D eigenvalue weighted by Crippen LogP contribution is -2.64. The van der Waals surface area contributed by atoms with Gasteiger partial charge in [0, 0.05) is 25.8 Å². The van der Waals surface area contributed by atoms with Crippen LogP contribution in [0.5, 0.6) is 0 Å². The molecule has 0 bridgehead atoms. The first-order valence-corrected chi connectivity index (χ1v) is 17.2. The highest BCUT2D eigenvalue weighted by atomic mass is 31.3. The summed E-state index contributed by atoms with van der Waals surface area (Å²) in [6.45, 7) is -1.06. The van der Waals surface area contributed by atoms with E-state index in [1.54, 1.807) is 0 Å². The molecule has 48 heavy (non-hydrogen) atoms. The predicted molar refractivity (Wildman–Crippen MR) is 153 cm³/mol. The van der Waals surface area contributed by atoms with Gasteiger partial charge in [-0.15, -0.1) is 0 Å². The van der Waals surface area contributed by atoms with E-state index < -0.39 is 101 Å². The molecule has 3 rings (SSSR count). The van der Waals surface area contributed by atoms with Gasteiger partial charge in [0.2, 0.25) is 5.91 Å². The fourth-order valence-corrected chi connectivity index (χ4v) is 6.57. The van der Waals surface area contributed by atoms with E-state index in [9.17, 15) is 58.8 Å². The summed E-state index contributed by atoms with van der Waals surface area (Å²) in [5.74, 6) is -0.809. The van der Waals surface area contributed by atoms with Crippen LogP contribution in [0, 0.1) is 0 Å². The Balaban J connectivity index is 1.58. The third-order valence-corrected chi connectivity index (χ3v) is 9.39. The first-order valence-electron chi connectivity index (χ1n) is 14.2. The summed E-state index contributed by atoms with van der Waals surface area (Å²) < 4.78 is 65.4. The molecule has 0 aliphatic carbocycles. The summed E-state index contributed by atoms with van der Waals surface area (Å²) in [6, 6.07) is -0.859. The van der Waals surface area contributed by atoms with Crippen molar-refractivity contribution >= 4 is 21.6 Å². The van der Waals surface area contributed by atoms with Gasteiger partial charge in [0.1, 0.15) is 42.7 Å². The number of carbonyl (C=O) groups excluding carboxylic acids is 1. The van der Waals surface area contributed by atoms with Crippen LogP contribution in [-0.2, 0) is 51.0 Å². The van der Waals surface area contributed by atoms with E-state index in [1.807, 2.05) is 4.98 Å². The first kappa shape index (κ1) is 40.4. The molecule has 0 saturated carbocycles. The second kappa shape index (κ2) is 18.3. The standard InChI is InChI=1S/C23H39N3O20P2/c1-39-6-7-41-9-8-40-5-3-15(29)24-16-19(32)17(30)12(10-27)44-22(16)45-48(37,38)46-47(35,36)42-11-13-18(31)20(33)21(43-13)26-4-2-14(28)25-23(26)34/h2,4,12-13,16-22,27,30-33H,3,5-11H2,1H3,(H,24,29)(H,35,36)(H,37,38)(H,25,28,34)/t12?,13?,16?,17-,18?,19+,20?,21?,22+/m0/s1. The summed E-state index contributed by atoms with van der Waals surface area (Å²) in [6.07, 6.45) is -13.7. The minimum Gasteiger partial charge on any atom is -0.394 e. The van der Waals surface area contributed by atoms with Crippen LogP contribution in [0.3, 0.4) is 0 Å². The summed E-state index contributed by atoms with van der Waals surface area (Å²) in [5.41, 5.74) is -1.77. The zero-order valence-corrected chi connectivity index (χ0v) is 27.1. The molecule has 0 aromatic carbocycles. The number of aromatic nitrogens is 2. The van der Waals surface area contributed by atoms with Crippen molar-refractivity contribution in [2.75, 3.05) is 53.4 Å². The number of nitrogens with one attached hydrogen (secondary N) is 2. The molecular formula is C23H39N3O20P2. The number of hydrogen-bond donors (Lipinski definition) is 9. The number of phosphoric acid groups is 2. The summed E-state index contributed by atoms with van der Waals surface area (Å²) in [7, 11) is -9.79. The maximum absolute atomic E-state index is 12.7. The monoisotopic (exact) mass is 739 g/mol. The van der Waals surface area contributed by atoms with Crippen molar-refractivity contribution in [2.24, 2.45) is 0 Å².